The van der Waals surface area contributed by atoms with Gasteiger partial charge in [0.25, 0.3) is 10.2 Å². The van der Waals surface area contributed by atoms with E-state index in [9.17, 15) is 8.42 Å². The maximum absolute atomic E-state index is 12.3. The number of aliphatic hydroxyl groups excluding tert-OH is 1. The van der Waals surface area contributed by atoms with Crippen LogP contribution in [0.15, 0.2) is 0 Å². The van der Waals surface area contributed by atoms with Crippen molar-refractivity contribution in [3.8, 4) is 0 Å². The van der Waals surface area contributed by atoms with Crippen LogP contribution in [0, 0.1) is 17.3 Å². The Kier molecular flexibility index (Phi) is 7.10. The minimum atomic E-state index is -3.37. The Morgan fingerprint density at radius 1 is 1.29 bits per heavy atom. The lowest BCUT2D eigenvalue weighted by molar-refractivity contribution is 0.153. The zero-order valence-corrected chi connectivity index (χ0v) is 14.7. The molecule has 1 heterocycles. The van der Waals surface area contributed by atoms with Gasteiger partial charge in [0.2, 0.25) is 0 Å². The lowest BCUT2D eigenvalue weighted by Gasteiger charge is -2.38. The maximum atomic E-state index is 12.3. The van der Waals surface area contributed by atoms with Crippen LogP contribution >= 0.6 is 0 Å². The number of hydrogen-bond donors (Lipinski definition) is 2. The van der Waals surface area contributed by atoms with Crippen molar-refractivity contribution < 1.29 is 13.5 Å². The Hall–Kier alpha value is -0.170. The van der Waals surface area contributed by atoms with Crippen LogP contribution in [-0.4, -0.2) is 44.1 Å². The van der Waals surface area contributed by atoms with E-state index in [1.165, 1.54) is 0 Å². The van der Waals surface area contributed by atoms with Crippen molar-refractivity contribution in [2.45, 2.75) is 53.4 Å². The second-order valence-corrected chi connectivity index (χ2v) is 8.93. The van der Waals surface area contributed by atoms with E-state index in [1.54, 1.807) is 4.31 Å². The molecule has 1 rings (SSSR count). The number of hydrogen-bond acceptors (Lipinski definition) is 3. The third-order valence-electron chi connectivity index (χ3n) is 4.69. The lowest BCUT2D eigenvalue weighted by atomic mass is 9.76. The van der Waals surface area contributed by atoms with Gasteiger partial charge in [0.15, 0.2) is 0 Å². The third-order valence-corrected chi connectivity index (χ3v) is 6.26. The third kappa shape index (κ3) is 5.85. The average molecular weight is 320 g/mol. The van der Waals surface area contributed by atoms with Gasteiger partial charge in [-0.15, -0.1) is 0 Å². The zero-order valence-electron chi connectivity index (χ0n) is 13.9. The summed E-state index contributed by atoms with van der Waals surface area (Å²) in [6, 6.07) is 0. The topological polar surface area (TPSA) is 69.6 Å². The average Bonchev–Trinajstić information content (AvgIpc) is 2.42. The number of piperidine rings is 1. The Morgan fingerprint density at radius 3 is 2.29 bits per heavy atom. The highest BCUT2D eigenvalue weighted by Crippen LogP contribution is 2.34. The Labute approximate surface area is 130 Å². The van der Waals surface area contributed by atoms with Gasteiger partial charge in [0, 0.05) is 26.2 Å². The van der Waals surface area contributed by atoms with Crippen molar-refractivity contribution >= 4 is 10.2 Å². The largest absolute Gasteiger partial charge is 0.396 e. The number of aliphatic hydroxyl groups is 1. The molecule has 6 heteroatoms. The highest BCUT2D eigenvalue weighted by Gasteiger charge is 2.33. The normalized spacial score (nSPS) is 20.6. The monoisotopic (exact) mass is 320 g/mol. The molecule has 0 bridgehead atoms. The van der Waals surface area contributed by atoms with E-state index in [4.69, 9.17) is 5.11 Å². The van der Waals surface area contributed by atoms with E-state index < -0.39 is 10.2 Å². The van der Waals surface area contributed by atoms with Crippen LogP contribution in [0.1, 0.15) is 53.4 Å². The molecule has 21 heavy (non-hydrogen) atoms. The summed E-state index contributed by atoms with van der Waals surface area (Å²) in [7, 11) is -3.37. The fourth-order valence-corrected chi connectivity index (χ4v) is 4.23. The van der Waals surface area contributed by atoms with Crippen molar-refractivity contribution in [3.63, 3.8) is 0 Å². The Bertz CT molecular complexity index is 396. The van der Waals surface area contributed by atoms with E-state index in [0.717, 1.165) is 19.3 Å². The highest BCUT2D eigenvalue weighted by atomic mass is 32.2. The fraction of sp³-hybridized carbons (Fsp3) is 1.00. The van der Waals surface area contributed by atoms with E-state index in [2.05, 4.69) is 25.5 Å². The summed E-state index contributed by atoms with van der Waals surface area (Å²) in [6.07, 6.45) is 3.37. The molecule has 5 nitrogen and oxygen atoms in total. The first-order chi connectivity index (χ1) is 9.70. The van der Waals surface area contributed by atoms with E-state index in [-0.39, 0.29) is 17.9 Å². The molecule has 0 spiro atoms. The molecule has 0 radical (unpaired) electrons. The Morgan fingerprint density at radius 2 is 1.86 bits per heavy atom. The van der Waals surface area contributed by atoms with Crippen LogP contribution in [0.2, 0.25) is 0 Å². The van der Waals surface area contributed by atoms with Crippen molar-refractivity contribution in [2.24, 2.45) is 17.3 Å². The summed E-state index contributed by atoms with van der Waals surface area (Å²) in [6.45, 7) is 10.4. The molecule has 1 fully saturated rings. The number of rotatable bonds is 7. The molecule has 1 unspecified atom stereocenters. The molecule has 0 amide bonds. The second-order valence-electron chi connectivity index (χ2n) is 7.18. The summed E-state index contributed by atoms with van der Waals surface area (Å²) in [5.41, 5.74) is 0.248. The molecule has 1 aliphatic rings. The first-order valence-corrected chi connectivity index (χ1v) is 9.50. The van der Waals surface area contributed by atoms with E-state index in [1.807, 2.05) is 6.92 Å². The van der Waals surface area contributed by atoms with E-state index in [0.29, 0.717) is 32.0 Å². The van der Waals surface area contributed by atoms with Gasteiger partial charge >= 0.3 is 0 Å². The van der Waals surface area contributed by atoms with Gasteiger partial charge in [-0.2, -0.15) is 12.7 Å². The van der Waals surface area contributed by atoms with Gasteiger partial charge in [-0.1, -0.05) is 34.1 Å². The van der Waals surface area contributed by atoms with Crippen LogP contribution in [-0.2, 0) is 10.2 Å². The first kappa shape index (κ1) is 18.9. The highest BCUT2D eigenvalue weighted by molar-refractivity contribution is 7.87. The van der Waals surface area contributed by atoms with Crippen LogP contribution in [0.5, 0.6) is 0 Å². The van der Waals surface area contributed by atoms with Crippen molar-refractivity contribution in [1.29, 1.82) is 0 Å². The first-order valence-electron chi connectivity index (χ1n) is 8.06. The minimum Gasteiger partial charge on any atom is -0.396 e. The summed E-state index contributed by atoms with van der Waals surface area (Å²) in [5.74, 6) is 0.790. The molecule has 1 aliphatic heterocycles. The molecule has 0 aromatic heterocycles. The van der Waals surface area contributed by atoms with Gasteiger partial charge in [0.1, 0.15) is 0 Å². The predicted octanol–water partition coefficient (Wildman–Crippen LogP) is 1.99. The van der Waals surface area contributed by atoms with Gasteiger partial charge in [-0.05, 0) is 36.5 Å². The molecular weight excluding hydrogens is 288 g/mol. The summed E-state index contributed by atoms with van der Waals surface area (Å²) < 4.78 is 28.9. The summed E-state index contributed by atoms with van der Waals surface area (Å²) in [4.78, 5) is 0. The Balaban J connectivity index is 2.49. The molecule has 126 valence electrons. The van der Waals surface area contributed by atoms with Gasteiger partial charge in [-0.25, -0.2) is 4.72 Å². The van der Waals surface area contributed by atoms with Gasteiger partial charge in [0.05, 0.1) is 0 Å². The van der Waals surface area contributed by atoms with Crippen molar-refractivity contribution in [1.82, 2.24) is 9.03 Å². The van der Waals surface area contributed by atoms with Crippen LogP contribution < -0.4 is 4.72 Å². The quantitative estimate of drug-likeness (QED) is 0.753. The molecule has 1 saturated heterocycles. The zero-order chi connectivity index (χ0) is 16.1. The standard InChI is InChI=1S/C15H32N2O3S/c1-5-13(8-11-18)12-16-21(19,20)17-9-6-14(7-10-17)15(2,3)4/h13-14,16,18H,5-12H2,1-4H3. The maximum Gasteiger partial charge on any atom is 0.279 e. The van der Waals surface area contributed by atoms with Crippen molar-refractivity contribution in [2.75, 3.05) is 26.2 Å². The number of nitrogens with one attached hydrogen (secondary N) is 1. The molecule has 1 atom stereocenters. The molecule has 0 aromatic carbocycles. The minimum absolute atomic E-state index is 0.108. The molecule has 0 aliphatic carbocycles. The van der Waals surface area contributed by atoms with E-state index >= 15 is 0 Å². The van der Waals surface area contributed by atoms with Gasteiger partial charge < -0.3 is 5.11 Å². The predicted molar refractivity (Wildman–Crippen MR) is 86.2 cm³/mol. The molecule has 2 N–H and O–H groups in total. The lowest BCUT2D eigenvalue weighted by Crippen LogP contribution is -2.47. The molecule has 0 saturated carbocycles. The van der Waals surface area contributed by atoms with Crippen LogP contribution in [0.25, 0.3) is 0 Å². The molecule has 0 aromatic rings. The summed E-state index contributed by atoms with van der Waals surface area (Å²) >= 11 is 0. The molecular formula is C15H32N2O3S. The summed E-state index contributed by atoms with van der Waals surface area (Å²) in [5, 5.41) is 8.96. The van der Waals surface area contributed by atoms with Gasteiger partial charge in [-0.3, -0.25) is 0 Å². The SMILES string of the molecule is CCC(CCO)CNS(=O)(=O)N1CCC(C(C)(C)C)CC1. The van der Waals surface area contributed by atoms with Crippen LogP contribution in [0.3, 0.4) is 0 Å². The smallest absolute Gasteiger partial charge is 0.279 e. The van der Waals surface area contributed by atoms with Crippen molar-refractivity contribution in [3.05, 3.63) is 0 Å². The van der Waals surface area contributed by atoms with Crippen LogP contribution in [0.4, 0.5) is 0 Å². The second kappa shape index (κ2) is 7.90. The fourth-order valence-electron chi connectivity index (χ4n) is 2.91. The number of nitrogens with zero attached hydrogens (tertiary/aromatic N) is 1.